The molecule has 3 rings (SSSR count). The van der Waals surface area contributed by atoms with E-state index in [0.717, 1.165) is 18.8 Å². The molecule has 0 N–H and O–H groups in total. The molecule has 92 valence electrons. The Kier molecular flexibility index (Phi) is 3.15. The lowest BCUT2D eigenvalue weighted by atomic mass is 9.99. The minimum Gasteiger partial charge on any atom is -0.370 e. The molecule has 1 saturated heterocycles. The van der Waals surface area contributed by atoms with Crippen molar-refractivity contribution in [3.63, 3.8) is 0 Å². The zero-order valence-electron chi connectivity index (χ0n) is 9.96. The van der Waals surface area contributed by atoms with Gasteiger partial charge in [0.25, 0.3) is 0 Å². The topological polar surface area (TPSA) is 29.0 Å². The maximum absolute atomic E-state index is 5.88. The summed E-state index contributed by atoms with van der Waals surface area (Å²) in [7, 11) is 0. The predicted molar refractivity (Wildman–Crippen MR) is 73.1 cm³/mol. The Bertz CT molecular complexity index is 530. The van der Waals surface area contributed by atoms with Crippen LogP contribution in [0.4, 0.5) is 5.69 Å². The van der Waals surface area contributed by atoms with Crippen molar-refractivity contribution in [3.8, 4) is 0 Å². The van der Waals surface area contributed by atoms with Crippen LogP contribution < -0.4 is 4.90 Å². The highest BCUT2D eigenvalue weighted by Crippen LogP contribution is 2.30. The van der Waals surface area contributed by atoms with Gasteiger partial charge < -0.3 is 4.90 Å². The maximum atomic E-state index is 5.88. The predicted octanol–water partition coefficient (Wildman–Crippen LogP) is 3.12. The number of benzene rings is 1. The number of hydrogen-bond donors (Lipinski definition) is 0. The molecular weight excluding hydrogens is 246 g/mol. The van der Waals surface area contributed by atoms with E-state index in [1.165, 1.54) is 12.0 Å². The SMILES string of the molecule is Clc1cc(N2CCC(c3ccccc3)C2)cnn1. The molecule has 1 atom stereocenters. The van der Waals surface area contributed by atoms with Crippen LogP contribution in [0.2, 0.25) is 5.15 Å². The average Bonchev–Trinajstić information content (AvgIpc) is 2.89. The van der Waals surface area contributed by atoms with Crippen LogP contribution in [-0.4, -0.2) is 23.3 Å². The van der Waals surface area contributed by atoms with Crippen LogP contribution in [0.3, 0.4) is 0 Å². The standard InChI is InChI=1S/C14H14ClN3/c15-14-8-13(9-16-17-14)18-7-6-12(10-18)11-4-2-1-3-5-11/h1-5,8-9,12H,6-7,10H2. The summed E-state index contributed by atoms with van der Waals surface area (Å²) in [4.78, 5) is 2.32. The van der Waals surface area contributed by atoms with E-state index >= 15 is 0 Å². The Morgan fingerprint density at radius 2 is 2.06 bits per heavy atom. The van der Waals surface area contributed by atoms with Gasteiger partial charge in [0.2, 0.25) is 0 Å². The van der Waals surface area contributed by atoms with Crippen molar-refractivity contribution in [1.82, 2.24) is 10.2 Å². The lowest BCUT2D eigenvalue weighted by molar-refractivity contribution is 0.775. The molecule has 0 bridgehead atoms. The Morgan fingerprint density at radius 3 is 2.83 bits per heavy atom. The van der Waals surface area contributed by atoms with Gasteiger partial charge in [0, 0.05) is 25.1 Å². The molecule has 2 aromatic rings. The number of nitrogens with zero attached hydrogens (tertiary/aromatic N) is 3. The molecule has 0 aliphatic carbocycles. The van der Waals surface area contributed by atoms with Gasteiger partial charge in [0.05, 0.1) is 11.9 Å². The van der Waals surface area contributed by atoms with E-state index in [-0.39, 0.29) is 0 Å². The summed E-state index contributed by atoms with van der Waals surface area (Å²) in [6, 6.07) is 12.5. The van der Waals surface area contributed by atoms with Gasteiger partial charge >= 0.3 is 0 Å². The summed E-state index contributed by atoms with van der Waals surface area (Å²) < 4.78 is 0. The van der Waals surface area contributed by atoms with Crippen molar-refractivity contribution < 1.29 is 0 Å². The van der Waals surface area contributed by atoms with Crippen LogP contribution in [0, 0.1) is 0 Å². The zero-order valence-corrected chi connectivity index (χ0v) is 10.7. The van der Waals surface area contributed by atoms with Crippen LogP contribution in [0.1, 0.15) is 17.9 Å². The van der Waals surface area contributed by atoms with E-state index in [1.54, 1.807) is 6.20 Å². The molecule has 18 heavy (non-hydrogen) atoms. The van der Waals surface area contributed by atoms with Crippen LogP contribution in [0.5, 0.6) is 0 Å². The van der Waals surface area contributed by atoms with E-state index in [4.69, 9.17) is 11.6 Å². The summed E-state index contributed by atoms with van der Waals surface area (Å²) in [6.45, 7) is 2.06. The number of aromatic nitrogens is 2. The Labute approximate surface area is 111 Å². The number of rotatable bonds is 2. The molecule has 0 amide bonds. The van der Waals surface area contributed by atoms with Crippen molar-refractivity contribution in [2.75, 3.05) is 18.0 Å². The normalized spacial score (nSPS) is 19.2. The van der Waals surface area contributed by atoms with Crippen LogP contribution in [-0.2, 0) is 0 Å². The molecule has 3 nitrogen and oxygen atoms in total. The summed E-state index contributed by atoms with van der Waals surface area (Å²) in [5.41, 5.74) is 2.47. The summed E-state index contributed by atoms with van der Waals surface area (Å²) in [5, 5.41) is 8.13. The van der Waals surface area contributed by atoms with Crippen molar-refractivity contribution >= 4 is 17.3 Å². The molecule has 0 saturated carbocycles. The largest absolute Gasteiger partial charge is 0.370 e. The van der Waals surface area contributed by atoms with Gasteiger partial charge in [-0.05, 0) is 12.0 Å². The number of halogens is 1. The third-order valence-electron chi connectivity index (χ3n) is 3.43. The van der Waals surface area contributed by atoms with Crippen LogP contribution in [0.15, 0.2) is 42.6 Å². The third-order valence-corrected chi connectivity index (χ3v) is 3.62. The fourth-order valence-electron chi connectivity index (χ4n) is 2.50. The van der Waals surface area contributed by atoms with Crippen molar-refractivity contribution in [2.45, 2.75) is 12.3 Å². The third kappa shape index (κ3) is 2.31. The highest BCUT2D eigenvalue weighted by Gasteiger charge is 2.24. The Hall–Kier alpha value is -1.61. The number of anilines is 1. The minimum atomic E-state index is 0.454. The molecule has 1 aliphatic heterocycles. The van der Waals surface area contributed by atoms with Gasteiger partial charge in [-0.1, -0.05) is 41.9 Å². The van der Waals surface area contributed by atoms with E-state index in [0.29, 0.717) is 11.1 Å². The Balaban J connectivity index is 1.76. The van der Waals surface area contributed by atoms with Gasteiger partial charge in [0.15, 0.2) is 5.15 Å². The summed E-state index contributed by atoms with van der Waals surface area (Å²) in [6.07, 6.45) is 2.95. The first kappa shape index (κ1) is 11.5. The first-order chi connectivity index (χ1) is 8.83. The molecular formula is C14H14ClN3. The van der Waals surface area contributed by atoms with Gasteiger partial charge in [-0.15, -0.1) is 5.10 Å². The lowest BCUT2D eigenvalue weighted by Gasteiger charge is -2.18. The highest BCUT2D eigenvalue weighted by molar-refractivity contribution is 6.29. The quantitative estimate of drug-likeness (QED) is 0.830. The van der Waals surface area contributed by atoms with Crippen molar-refractivity contribution in [3.05, 3.63) is 53.3 Å². The van der Waals surface area contributed by atoms with Gasteiger partial charge in [-0.25, -0.2) is 0 Å². The molecule has 1 fully saturated rings. The second-order valence-corrected chi connectivity index (χ2v) is 4.97. The van der Waals surface area contributed by atoms with Gasteiger partial charge in [-0.3, -0.25) is 0 Å². The van der Waals surface area contributed by atoms with E-state index in [1.807, 2.05) is 6.07 Å². The van der Waals surface area contributed by atoms with E-state index in [9.17, 15) is 0 Å². The fraction of sp³-hybridized carbons (Fsp3) is 0.286. The van der Waals surface area contributed by atoms with E-state index < -0.39 is 0 Å². The molecule has 0 radical (unpaired) electrons. The Morgan fingerprint density at radius 1 is 1.22 bits per heavy atom. The molecule has 1 aromatic carbocycles. The van der Waals surface area contributed by atoms with Crippen LogP contribution >= 0.6 is 11.6 Å². The molecule has 2 heterocycles. The maximum Gasteiger partial charge on any atom is 0.153 e. The fourth-order valence-corrected chi connectivity index (χ4v) is 2.65. The molecule has 1 aliphatic rings. The number of hydrogen-bond acceptors (Lipinski definition) is 3. The molecule has 1 aromatic heterocycles. The van der Waals surface area contributed by atoms with Gasteiger partial charge in [-0.2, -0.15) is 5.10 Å². The van der Waals surface area contributed by atoms with Crippen LogP contribution in [0.25, 0.3) is 0 Å². The van der Waals surface area contributed by atoms with Crippen molar-refractivity contribution in [2.24, 2.45) is 0 Å². The highest BCUT2D eigenvalue weighted by atomic mass is 35.5. The molecule has 1 unspecified atom stereocenters. The van der Waals surface area contributed by atoms with E-state index in [2.05, 4.69) is 45.4 Å². The first-order valence-corrected chi connectivity index (χ1v) is 6.49. The first-order valence-electron chi connectivity index (χ1n) is 6.11. The van der Waals surface area contributed by atoms with Crippen molar-refractivity contribution in [1.29, 1.82) is 0 Å². The zero-order chi connectivity index (χ0) is 12.4. The minimum absolute atomic E-state index is 0.454. The lowest BCUT2D eigenvalue weighted by Crippen LogP contribution is -2.19. The smallest absolute Gasteiger partial charge is 0.153 e. The summed E-state index contributed by atoms with van der Waals surface area (Å²) in [5.74, 6) is 0.596. The summed E-state index contributed by atoms with van der Waals surface area (Å²) >= 11 is 5.88. The average molecular weight is 260 g/mol. The second-order valence-electron chi connectivity index (χ2n) is 4.58. The van der Waals surface area contributed by atoms with Gasteiger partial charge in [0.1, 0.15) is 0 Å². The second kappa shape index (κ2) is 4.94. The molecule has 4 heteroatoms. The molecule has 0 spiro atoms. The monoisotopic (exact) mass is 259 g/mol.